The lowest BCUT2D eigenvalue weighted by Crippen LogP contribution is -2.12. The van der Waals surface area contributed by atoms with Crippen LogP contribution in [0.2, 0.25) is 0 Å². The predicted molar refractivity (Wildman–Crippen MR) is 84.2 cm³/mol. The van der Waals surface area contributed by atoms with E-state index < -0.39 is 0 Å². The highest BCUT2D eigenvalue weighted by Crippen LogP contribution is 2.33. The lowest BCUT2D eigenvalue weighted by atomic mass is 9.95. The third-order valence-corrected chi connectivity index (χ3v) is 3.39. The minimum Gasteiger partial charge on any atom is -0.496 e. The minimum atomic E-state index is 0. The fourth-order valence-corrected chi connectivity index (χ4v) is 2.40. The Labute approximate surface area is 121 Å². The molecule has 0 aliphatic rings. The van der Waals surface area contributed by atoms with Gasteiger partial charge in [-0.3, -0.25) is 0 Å². The molecule has 19 heavy (non-hydrogen) atoms. The highest BCUT2D eigenvalue weighted by Gasteiger charge is 2.14. The summed E-state index contributed by atoms with van der Waals surface area (Å²) in [5.41, 5.74) is 7.49. The normalized spacial score (nSPS) is 11.9. The Morgan fingerprint density at radius 1 is 1.16 bits per heavy atom. The Morgan fingerprint density at radius 3 is 2.58 bits per heavy atom. The van der Waals surface area contributed by atoms with Crippen LogP contribution < -0.4 is 10.5 Å². The highest BCUT2D eigenvalue weighted by molar-refractivity contribution is 5.88. The van der Waals surface area contributed by atoms with Crippen molar-refractivity contribution in [2.75, 3.05) is 7.11 Å². The van der Waals surface area contributed by atoms with E-state index in [1.165, 1.54) is 17.2 Å². The first-order valence-corrected chi connectivity index (χ1v) is 6.59. The smallest absolute Gasteiger partial charge is 0.124 e. The molecule has 0 amide bonds. The lowest BCUT2D eigenvalue weighted by Gasteiger charge is -2.18. The summed E-state index contributed by atoms with van der Waals surface area (Å²) in [5.74, 6) is 0.900. The molecule has 0 bridgehead atoms. The zero-order valence-electron chi connectivity index (χ0n) is 11.6. The Hall–Kier alpha value is -1.25. The van der Waals surface area contributed by atoms with Crippen LogP contribution in [-0.2, 0) is 0 Å². The van der Waals surface area contributed by atoms with E-state index in [1.807, 2.05) is 6.07 Å². The van der Waals surface area contributed by atoms with Crippen LogP contribution in [0.4, 0.5) is 0 Å². The summed E-state index contributed by atoms with van der Waals surface area (Å²) in [5, 5.41) is 2.43. The van der Waals surface area contributed by atoms with E-state index in [0.29, 0.717) is 0 Å². The van der Waals surface area contributed by atoms with Crippen molar-refractivity contribution in [2.45, 2.75) is 32.2 Å². The molecular weight excluding hydrogens is 258 g/mol. The van der Waals surface area contributed by atoms with E-state index in [0.717, 1.165) is 24.2 Å². The van der Waals surface area contributed by atoms with Crippen LogP contribution in [0.15, 0.2) is 36.4 Å². The monoisotopic (exact) mass is 279 g/mol. The van der Waals surface area contributed by atoms with E-state index in [4.69, 9.17) is 10.5 Å². The second-order valence-electron chi connectivity index (χ2n) is 4.65. The Balaban J connectivity index is 0.00000180. The Morgan fingerprint density at radius 2 is 1.89 bits per heavy atom. The van der Waals surface area contributed by atoms with Gasteiger partial charge >= 0.3 is 0 Å². The minimum absolute atomic E-state index is 0. The Kier molecular flexibility index (Phi) is 6.13. The molecule has 2 N–H and O–H groups in total. The molecule has 0 unspecified atom stereocenters. The van der Waals surface area contributed by atoms with Gasteiger partial charge in [0.2, 0.25) is 0 Å². The molecule has 0 heterocycles. The molecule has 0 radical (unpaired) electrons. The van der Waals surface area contributed by atoms with Crippen molar-refractivity contribution in [1.82, 2.24) is 0 Å². The number of methoxy groups -OCH3 is 1. The summed E-state index contributed by atoms with van der Waals surface area (Å²) >= 11 is 0. The maximum Gasteiger partial charge on any atom is 0.124 e. The highest BCUT2D eigenvalue weighted by atomic mass is 35.5. The topological polar surface area (TPSA) is 35.2 Å². The Bertz CT molecular complexity index is 527. The van der Waals surface area contributed by atoms with Gasteiger partial charge in [-0.25, -0.2) is 0 Å². The van der Waals surface area contributed by atoms with Crippen molar-refractivity contribution in [3.8, 4) is 5.75 Å². The molecule has 104 valence electrons. The fourth-order valence-electron chi connectivity index (χ4n) is 2.40. The van der Waals surface area contributed by atoms with Crippen molar-refractivity contribution in [3.05, 3.63) is 42.0 Å². The number of nitrogens with two attached hydrogens (primary N) is 1. The fraction of sp³-hybridized carbons (Fsp3) is 0.375. The maximum absolute atomic E-state index is 6.34. The number of hydrogen-bond acceptors (Lipinski definition) is 2. The molecule has 0 aromatic heterocycles. The van der Waals surface area contributed by atoms with Gasteiger partial charge in [-0.05, 0) is 23.3 Å². The number of benzene rings is 2. The number of ether oxygens (including phenoxy) is 1. The summed E-state index contributed by atoms with van der Waals surface area (Å²) < 4.78 is 5.47. The van der Waals surface area contributed by atoms with E-state index in [1.54, 1.807) is 7.11 Å². The number of hydrogen-bond donors (Lipinski definition) is 1. The van der Waals surface area contributed by atoms with Crippen molar-refractivity contribution < 1.29 is 4.74 Å². The van der Waals surface area contributed by atoms with Crippen molar-refractivity contribution in [3.63, 3.8) is 0 Å². The summed E-state index contributed by atoms with van der Waals surface area (Å²) in [6, 6.07) is 12.5. The second kappa shape index (κ2) is 7.37. The summed E-state index contributed by atoms with van der Waals surface area (Å²) in [6.45, 7) is 2.19. The molecule has 0 spiro atoms. The van der Waals surface area contributed by atoms with Crippen LogP contribution in [0.3, 0.4) is 0 Å². The van der Waals surface area contributed by atoms with E-state index in [2.05, 4.69) is 37.3 Å². The molecule has 0 aliphatic carbocycles. The van der Waals surface area contributed by atoms with Crippen LogP contribution >= 0.6 is 12.4 Å². The van der Waals surface area contributed by atoms with Gasteiger partial charge in [0.25, 0.3) is 0 Å². The van der Waals surface area contributed by atoms with E-state index in [9.17, 15) is 0 Å². The van der Waals surface area contributed by atoms with Crippen LogP contribution in [0, 0.1) is 0 Å². The average molecular weight is 280 g/mol. The van der Waals surface area contributed by atoms with Crippen LogP contribution in [0.1, 0.15) is 37.8 Å². The van der Waals surface area contributed by atoms with Crippen molar-refractivity contribution in [1.29, 1.82) is 0 Å². The maximum atomic E-state index is 6.34. The molecule has 3 heteroatoms. The SMILES string of the molecule is CCCC[C@@H](N)c1c(OC)ccc2ccccc12.Cl. The zero-order chi connectivity index (χ0) is 13.0. The third kappa shape index (κ3) is 3.40. The first-order chi connectivity index (χ1) is 8.77. The van der Waals surface area contributed by atoms with Gasteiger partial charge in [-0.1, -0.05) is 50.1 Å². The van der Waals surface area contributed by atoms with E-state index in [-0.39, 0.29) is 18.4 Å². The second-order valence-corrected chi connectivity index (χ2v) is 4.65. The standard InChI is InChI=1S/C16H21NO.ClH/c1-3-4-9-14(17)16-13-8-6-5-7-12(13)10-11-15(16)18-2;/h5-8,10-11,14H,3-4,9,17H2,1-2H3;1H/t14-;/m1./s1. The van der Waals surface area contributed by atoms with Gasteiger partial charge in [-0.2, -0.15) is 0 Å². The number of halogens is 1. The molecule has 2 aromatic carbocycles. The van der Waals surface area contributed by atoms with Gasteiger partial charge in [0.1, 0.15) is 5.75 Å². The lowest BCUT2D eigenvalue weighted by molar-refractivity contribution is 0.404. The van der Waals surface area contributed by atoms with Crippen LogP contribution in [0.25, 0.3) is 10.8 Å². The first-order valence-electron chi connectivity index (χ1n) is 6.59. The van der Waals surface area contributed by atoms with Crippen LogP contribution in [-0.4, -0.2) is 7.11 Å². The molecule has 0 saturated heterocycles. The summed E-state index contributed by atoms with van der Waals surface area (Å²) in [6.07, 6.45) is 3.31. The average Bonchev–Trinajstić information content (AvgIpc) is 2.43. The van der Waals surface area contributed by atoms with Gasteiger partial charge in [0.05, 0.1) is 7.11 Å². The largest absolute Gasteiger partial charge is 0.496 e. The molecule has 0 fully saturated rings. The molecule has 2 nitrogen and oxygen atoms in total. The van der Waals surface area contributed by atoms with Gasteiger partial charge in [0.15, 0.2) is 0 Å². The summed E-state index contributed by atoms with van der Waals surface area (Å²) in [4.78, 5) is 0. The number of rotatable bonds is 5. The predicted octanol–water partition coefficient (Wildman–Crippen LogP) is 4.46. The molecular formula is C16H22ClNO. The number of unbranched alkanes of at least 4 members (excludes halogenated alkanes) is 1. The van der Waals surface area contributed by atoms with Gasteiger partial charge in [-0.15, -0.1) is 12.4 Å². The first kappa shape index (κ1) is 15.8. The third-order valence-electron chi connectivity index (χ3n) is 3.39. The quantitative estimate of drug-likeness (QED) is 0.877. The molecule has 1 atom stereocenters. The molecule has 2 rings (SSSR count). The zero-order valence-corrected chi connectivity index (χ0v) is 12.4. The van der Waals surface area contributed by atoms with Crippen molar-refractivity contribution >= 4 is 23.2 Å². The van der Waals surface area contributed by atoms with Gasteiger partial charge < -0.3 is 10.5 Å². The number of fused-ring (bicyclic) bond motifs is 1. The molecule has 0 aliphatic heterocycles. The molecule has 0 saturated carbocycles. The van der Waals surface area contributed by atoms with E-state index >= 15 is 0 Å². The molecule has 2 aromatic rings. The van der Waals surface area contributed by atoms with Crippen LogP contribution in [0.5, 0.6) is 5.75 Å². The van der Waals surface area contributed by atoms with Crippen molar-refractivity contribution in [2.24, 2.45) is 5.73 Å². The van der Waals surface area contributed by atoms with Gasteiger partial charge in [0, 0.05) is 11.6 Å². The summed E-state index contributed by atoms with van der Waals surface area (Å²) in [7, 11) is 1.71.